The Morgan fingerprint density at radius 2 is 2.29 bits per heavy atom. The maximum atomic E-state index is 11.7. The Kier molecular flexibility index (Phi) is 3.33. The van der Waals surface area contributed by atoms with Crippen molar-refractivity contribution in [1.82, 2.24) is 4.90 Å². The number of hydrogen-bond donors (Lipinski definition) is 1. The van der Waals surface area contributed by atoms with Crippen molar-refractivity contribution in [2.45, 2.75) is 19.9 Å². The molecule has 0 saturated heterocycles. The molecule has 0 fully saturated rings. The predicted octanol–water partition coefficient (Wildman–Crippen LogP) is 1.43. The SMILES string of the molecule is CCOC(=O)c1ccc2c(c1N)CCN(C)C2. The Labute approximate surface area is 101 Å². The minimum absolute atomic E-state index is 0.327. The fourth-order valence-corrected chi connectivity index (χ4v) is 2.21. The molecule has 0 amide bonds. The monoisotopic (exact) mass is 234 g/mol. The van der Waals surface area contributed by atoms with Crippen LogP contribution >= 0.6 is 0 Å². The molecule has 0 spiro atoms. The first-order chi connectivity index (χ1) is 8.13. The number of nitrogens with two attached hydrogens (primary N) is 1. The molecule has 0 radical (unpaired) electrons. The van der Waals surface area contributed by atoms with Crippen LogP contribution in [-0.4, -0.2) is 31.1 Å². The highest BCUT2D eigenvalue weighted by Crippen LogP contribution is 2.27. The van der Waals surface area contributed by atoms with Gasteiger partial charge in [-0.2, -0.15) is 0 Å². The van der Waals surface area contributed by atoms with Gasteiger partial charge in [-0.25, -0.2) is 4.79 Å². The number of esters is 1. The third-order valence-corrected chi connectivity index (χ3v) is 3.13. The second-order valence-corrected chi connectivity index (χ2v) is 4.37. The molecule has 0 bridgehead atoms. The van der Waals surface area contributed by atoms with Gasteiger partial charge in [0, 0.05) is 18.8 Å². The van der Waals surface area contributed by atoms with Gasteiger partial charge in [-0.3, -0.25) is 0 Å². The van der Waals surface area contributed by atoms with Crippen LogP contribution in [-0.2, 0) is 17.7 Å². The average molecular weight is 234 g/mol. The lowest BCUT2D eigenvalue weighted by atomic mass is 9.95. The predicted molar refractivity (Wildman–Crippen MR) is 66.8 cm³/mol. The third-order valence-electron chi connectivity index (χ3n) is 3.13. The van der Waals surface area contributed by atoms with Crippen LogP contribution in [0.2, 0.25) is 0 Å². The summed E-state index contributed by atoms with van der Waals surface area (Å²) in [6, 6.07) is 3.75. The Morgan fingerprint density at radius 3 is 3.00 bits per heavy atom. The molecule has 92 valence electrons. The minimum Gasteiger partial charge on any atom is -0.462 e. The number of nitrogen functional groups attached to an aromatic ring is 1. The summed E-state index contributed by atoms with van der Waals surface area (Å²) in [5.74, 6) is -0.327. The highest BCUT2D eigenvalue weighted by Gasteiger charge is 2.20. The van der Waals surface area contributed by atoms with Gasteiger partial charge in [0.2, 0.25) is 0 Å². The summed E-state index contributed by atoms with van der Waals surface area (Å²) in [6.07, 6.45) is 0.894. The van der Waals surface area contributed by atoms with Gasteiger partial charge in [0.05, 0.1) is 12.2 Å². The van der Waals surface area contributed by atoms with E-state index in [9.17, 15) is 4.79 Å². The molecule has 1 aromatic rings. The molecule has 0 atom stereocenters. The number of hydrogen-bond acceptors (Lipinski definition) is 4. The van der Waals surface area contributed by atoms with Crippen LogP contribution in [0.15, 0.2) is 12.1 Å². The summed E-state index contributed by atoms with van der Waals surface area (Å²) in [4.78, 5) is 13.9. The van der Waals surface area contributed by atoms with E-state index in [2.05, 4.69) is 11.9 Å². The van der Waals surface area contributed by atoms with E-state index in [0.29, 0.717) is 17.9 Å². The van der Waals surface area contributed by atoms with Gasteiger partial charge in [0.25, 0.3) is 0 Å². The van der Waals surface area contributed by atoms with Crippen LogP contribution in [0.25, 0.3) is 0 Å². The molecular weight excluding hydrogens is 216 g/mol. The Bertz CT molecular complexity index is 443. The Hall–Kier alpha value is -1.55. The Morgan fingerprint density at radius 1 is 1.53 bits per heavy atom. The summed E-state index contributed by atoms with van der Waals surface area (Å²) in [5.41, 5.74) is 9.47. The summed E-state index contributed by atoms with van der Waals surface area (Å²) in [6.45, 7) is 4.03. The van der Waals surface area contributed by atoms with Gasteiger partial charge in [-0.1, -0.05) is 6.07 Å². The van der Waals surface area contributed by atoms with Crippen LogP contribution in [0.5, 0.6) is 0 Å². The van der Waals surface area contributed by atoms with Crippen LogP contribution in [0.1, 0.15) is 28.4 Å². The molecule has 4 heteroatoms. The number of benzene rings is 1. The van der Waals surface area contributed by atoms with Crippen LogP contribution in [0.4, 0.5) is 5.69 Å². The molecule has 4 nitrogen and oxygen atoms in total. The van der Waals surface area contributed by atoms with Crippen molar-refractivity contribution in [1.29, 1.82) is 0 Å². The van der Waals surface area contributed by atoms with Gasteiger partial charge in [-0.05, 0) is 37.6 Å². The lowest BCUT2D eigenvalue weighted by molar-refractivity contribution is 0.0527. The summed E-state index contributed by atoms with van der Waals surface area (Å²) in [5, 5.41) is 0. The number of rotatable bonds is 2. The average Bonchev–Trinajstić information content (AvgIpc) is 2.29. The van der Waals surface area contributed by atoms with Crippen LogP contribution in [0, 0.1) is 0 Å². The van der Waals surface area contributed by atoms with E-state index in [-0.39, 0.29) is 5.97 Å². The normalized spacial score (nSPS) is 15.4. The number of ether oxygens (including phenoxy) is 1. The molecule has 0 unspecified atom stereocenters. The molecule has 2 N–H and O–H groups in total. The highest BCUT2D eigenvalue weighted by atomic mass is 16.5. The lowest BCUT2D eigenvalue weighted by Crippen LogP contribution is -2.27. The number of carbonyl (C=O) groups excluding carboxylic acids is 1. The standard InChI is InChI=1S/C13H18N2O2/c1-3-17-13(16)11-5-4-9-8-15(2)7-6-10(9)12(11)14/h4-5H,3,6-8,14H2,1-2H3. The van der Waals surface area contributed by atoms with E-state index in [1.807, 2.05) is 6.07 Å². The second kappa shape index (κ2) is 4.75. The summed E-state index contributed by atoms with van der Waals surface area (Å²) < 4.78 is 4.99. The minimum atomic E-state index is -0.327. The quantitative estimate of drug-likeness (QED) is 0.621. The van der Waals surface area contributed by atoms with Crippen molar-refractivity contribution in [3.63, 3.8) is 0 Å². The van der Waals surface area contributed by atoms with E-state index < -0.39 is 0 Å². The molecule has 2 rings (SSSR count). The van der Waals surface area contributed by atoms with E-state index in [1.54, 1.807) is 13.0 Å². The van der Waals surface area contributed by atoms with Crippen molar-refractivity contribution in [3.05, 3.63) is 28.8 Å². The molecule has 1 aliphatic heterocycles. The molecule has 1 aliphatic rings. The number of anilines is 1. The molecule has 0 aromatic heterocycles. The lowest BCUT2D eigenvalue weighted by Gasteiger charge is -2.26. The van der Waals surface area contributed by atoms with Crippen LogP contribution < -0.4 is 5.73 Å². The van der Waals surface area contributed by atoms with E-state index in [1.165, 1.54) is 5.56 Å². The first kappa shape index (κ1) is 11.9. The van der Waals surface area contributed by atoms with E-state index in [0.717, 1.165) is 25.1 Å². The highest BCUT2D eigenvalue weighted by molar-refractivity contribution is 5.96. The fourth-order valence-electron chi connectivity index (χ4n) is 2.21. The summed E-state index contributed by atoms with van der Waals surface area (Å²) >= 11 is 0. The van der Waals surface area contributed by atoms with Crippen molar-refractivity contribution in [2.75, 3.05) is 25.9 Å². The molecular formula is C13H18N2O2. The molecule has 17 heavy (non-hydrogen) atoms. The molecule has 0 saturated carbocycles. The zero-order valence-corrected chi connectivity index (χ0v) is 10.3. The van der Waals surface area contributed by atoms with Gasteiger partial charge >= 0.3 is 5.97 Å². The largest absolute Gasteiger partial charge is 0.462 e. The van der Waals surface area contributed by atoms with E-state index in [4.69, 9.17) is 10.5 Å². The Balaban J connectivity index is 2.36. The van der Waals surface area contributed by atoms with Gasteiger partial charge in [0.15, 0.2) is 0 Å². The zero-order valence-electron chi connectivity index (χ0n) is 10.3. The van der Waals surface area contributed by atoms with E-state index >= 15 is 0 Å². The second-order valence-electron chi connectivity index (χ2n) is 4.37. The first-order valence-electron chi connectivity index (χ1n) is 5.89. The smallest absolute Gasteiger partial charge is 0.340 e. The van der Waals surface area contributed by atoms with Crippen molar-refractivity contribution < 1.29 is 9.53 Å². The van der Waals surface area contributed by atoms with Crippen molar-refractivity contribution >= 4 is 11.7 Å². The topological polar surface area (TPSA) is 55.6 Å². The number of fused-ring (bicyclic) bond motifs is 1. The third kappa shape index (κ3) is 2.26. The number of carbonyl (C=O) groups is 1. The van der Waals surface area contributed by atoms with Gasteiger partial charge < -0.3 is 15.4 Å². The molecule has 1 aromatic carbocycles. The molecule has 1 heterocycles. The molecule has 0 aliphatic carbocycles. The first-order valence-corrected chi connectivity index (χ1v) is 5.89. The number of likely N-dealkylation sites (N-methyl/N-ethyl adjacent to an activating group) is 1. The van der Waals surface area contributed by atoms with Crippen molar-refractivity contribution in [3.8, 4) is 0 Å². The zero-order chi connectivity index (χ0) is 12.4. The summed E-state index contributed by atoms with van der Waals surface area (Å²) in [7, 11) is 2.08. The maximum absolute atomic E-state index is 11.7. The fraction of sp³-hybridized carbons (Fsp3) is 0.462. The van der Waals surface area contributed by atoms with Crippen LogP contribution in [0.3, 0.4) is 0 Å². The van der Waals surface area contributed by atoms with Crippen molar-refractivity contribution in [2.24, 2.45) is 0 Å². The number of nitrogens with zero attached hydrogens (tertiary/aromatic N) is 1. The van der Waals surface area contributed by atoms with Gasteiger partial charge in [0.1, 0.15) is 0 Å². The van der Waals surface area contributed by atoms with Gasteiger partial charge in [-0.15, -0.1) is 0 Å². The maximum Gasteiger partial charge on any atom is 0.340 e.